The maximum Gasteiger partial charge on any atom is 0.0319 e. The molecule has 1 saturated carbocycles. The van der Waals surface area contributed by atoms with Gasteiger partial charge in [0.05, 0.1) is 0 Å². The highest BCUT2D eigenvalue weighted by molar-refractivity contribution is 4.86. The second-order valence-corrected chi connectivity index (χ2v) is 4.71. The van der Waals surface area contributed by atoms with Crippen LogP contribution in [0, 0.1) is 5.92 Å². The minimum atomic E-state index is 0.743. The molecule has 2 fully saturated rings. The molecule has 0 unspecified atom stereocenters. The average molecular weight is 182 g/mol. The Bertz CT molecular complexity index is 148. The minimum absolute atomic E-state index is 0.743. The van der Waals surface area contributed by atoms with Gasteiger partial charge in [0, 0.05) is 25.2 Å². The molecule has 2 rings (SSSR count). The van der Waals surface area contributed by atoms with Crippen LogP contribution < -0.4 is 10.6 Å². The lowest BCUT2D eigenvalue weighted by atomic mass is 9.84. The van der Waals surface area contributed by atoms with E-state index >= 15 is 0 Å². The number of hydrogen-bond donors (Lipinski definition) is 2. The monoisotopic (exact) mass is 182 g/mol. The molecule has 1 aliphatic carbocycles. The molecule has 76 valence electrons. The van der Waals surface area contributed by atoms with E-state index in [9.17, 15) is 0 Å². The van der Waals surface area contributed by atoms with Crippen LogP contribution in [0.3, 0.4) is 0 Å². The summed E-state index contributed by atoms with van der Waals surface area (Å²) in [7, 11) is 0. The highest BCUT2D eigenvalue weighted by Gasteiger charge is 2.24. The van der Waals surface area contributed by atoms with Crippen molar-refractivity contribution in [2.75, 3.05) is 13.1 Å². The molecule has 2 N–H and O–H groups in total. The van der Waals surface area contributed by atoms with Crippen molar-refractivity contribution in [3.8, 4) is 0 Å². The molecular weight excluding hydrogens is 160 g/mol. The first kappa shape index (κ1) is 9.47. The Hall–Kier alpha value is -0.0800. The number of rotatable bonds is 3. The predicted molar refractivity (Wildman–Crippen MR) is 55.8 cm³/mol. The van der Waals surface area contributed by atoms with Gasteiger partial charge in [0.2, 0.25) is 0 Å². The van der Waals surface area contributed by atoms with Crippen LogP contribution in [0.1, 0.15) is 39.0 Å². The molecule has 0 amide bonds. The van der Waals surface area contributed by atoms with Crippen molar-refractivity contribution in [3.63, 3.8) is 0 Å². The second-order valence-electron chi connectivity index (χ2n) is 4.71. The topological polar surface area (TPSA) is 24.1 Å². The molecule has 0 bridgehead atoms. The van der Waals surface area contributed by atoms with Gasteiger partial charge < -0.3 is 10.6 Å². The van der Waals surface area contributed by atoms with E-state index < -0.39 is 0 Å². The highest BCUT2D eigenvalue weighted by atomic mass is 15.1. The fraction of sp³-hybridized carbons (Fsp3) is 1.00. The molecule has 2 aliphatic rings. The molecule has 13 heavy (non-hydrogen) atoms. The van der Waals surface area contributed by atoms with Crippen molar-refractivity contribution in [1.29, 1.82) is 0 Å². The van der Waals surface area contributed by atoms with E-state index in [0.29, 0.717) is 0 Å². The molecule has 0 radical (unpaired) electrons. The van der Waals surface area contributed by atoms with Crippen LogP contribution in [0.4, 0.5) is 0 Å². The van der Waals surface area contributed by atoms with E-state index in [0.717, 1.165) is 18.0 Å². The van der Waals surface area contributed by atoms with Gasteiger partial charge in [-0.3, -0.25) is 0 Å². The summed E-state index contributed by atoms with van der Waals surface area (Å²) >= 11 is 0. The highest BCUT2D eigenvalue weighted by Crippen LogP contribution is 2.26. The first-order valence-electron chi connectivity index (χ1n) is 5.83. The Morgan fingerprint density at radius 1 is 1.15 bits per heavy atom. The quantitative estimate of drug-likeness (QED) is 0.691. The van der Waals surface area contributed by atoms with E-state index in [1.165, 1.54) is 45.2 Å². The molecule has 2 heteroatoms. The Balaban J connectivity index is 1.70. The maximum atomic E-state index is 3.72. The minimum Gasteiger partial charge on any atom is -0.314 e. The molecular formula is C11H22N2. The van der Waals surface area contributed by atoms with Gasteiger partial charge >= 0.3 is 0 Å². The zero-order valence-electron chi connectivity index (χ0n) is 8.68. The fourth-order valence-electron chi connectivity index (χ4n) is 2.55. The third-order valence-electron chi connectivity index (χ3n) is 3.64. The number of nitrogens with one attached hydrogen (secondary N) is 2. The third kappa shape index (κ3) is 2.44. The van der Waals surface area contributed by atoms with E-state index in [-0.39, 0.29) is 0 Å². The molecule has 2 nitrogen and oxygen atoms in total. The van der Waals surface area contributed by atoms with Gasteiger partial charge in [0.15, 0.2) is 0 Å². The van der Waals surface area contributed by atoms with Crippen molar-refractivity contribution < 1.29 is 0 Å². The van der Waals surface area contributed by atoms with Crippen molar-refractivity contribution in [2.24, 2.45) is 5.92 Å². The molecule has 0 aromatic rings. The van der Waals surface area contributed by atoms with Crippen molar-refractivity contribution in [1.82, 2.24) is 10.6 Å². The molecule has 1 heterocycles. The van der Waals surface area contributed by atoms with E-state index in [1.54, 1.807) is 0 Å². The summed E-state index contributed by atoms with van der Waals surface area (Å²) in [5, 5.41) is 7.03. The van der Waals surface area contributed by atoms with Gasteiger partial charge in [-0.25, -0.2) is 0 Å². The van der Waals surface area contributed by atoms with Gasteiger partial charge in [-0.1, -0.05) is 19.3 Å². The SMILES string of the molecule is C[C@H](NC1CNC1)C1CCCCC1. The van der Waals surface area contributed by atoms with E-state index in [4.69, 9.17) is 0 Å². The zero-order chi connectivity index (χ0) is 9.10. The van der Waals surface area contributed by atoms with E-state index in [2.05, 4.69) is 17.6 Å². The number of hydrogen-bond acceptors (Lipinski definition) is 2. The molecule has 0 aromatic heterocycles. The van der Waals surface area contributed by atoms with Crippen LogP contribution in [0.5, 0.6) is 0 Å². The Morgan fingerprint density at radius 3 is 2.38 bits per heavy atom. The van der Waals surface area contributed by atoms with Crippen molar-refractivity contribution >= 4 is 0 Å². The van der Waals surface area contributed by atoms with Gasteiger partial charge in [0.1, 0.15) is 0 Å². The predicted octanol–water partition coefficient (Wildman–Crippen LogP) is 1.52. The van der Waals surface area contributed by atoms with Gasteiger partial charge in [-0.05, 0) is 25.7 Å². The lowest BCUT2D eigenvalue weighted by molar-refractivity contribution is 0.238. The summed E-state index contributed by atoms with van der Waals surface area (Å²) in [6.07, 6.45) is 7.29. The molecule has 1 aliphatic heterocycles. The largest absolute Gasteiger partial charge is 0.314 e. The fourth-order valence-corrected chi connectivity index (χ4v) is 2.55. The first-order valence-corrected chi connectivity index (χ1v) is 5.83. The Kier molecular flexibility index (Phi) is 3.23. The van der Waals surface area contributed by atoms with Crippen molar-refractivity contribution in [3.05, 3.63) is 0 Å². The van der Waals surface area contributed by atoms with Crippen LogP contribution in [-0.2, 0) is 0 Å². The normalized spacial score (nSPS) is 28.4. The molecule has 1 saturated heterocycles. The molecule has 1 atom stereocenters. The summed E-state index contributed by atoms with van der Waals surface area (Å²) in [5.41, 5.74) is 0. The van der Waals surface area contributed by atoms with Crippen LogP contribution in [0.2, 0.25) is 0 Å². The smallest absolute Gasteiger partial charge is 0.0319 e. The summed E-state index contributed by atoms with van der Waals surface area (Å²) in [6.45, 7) is 4.72. The zero-order valence-corrected chi connectivity index (χ0v) is 8.68. The lowest BCUT2D eigenvalue weighted by Gasteiger charge is -2.35. The van der Waals surface area contributed by atoms with E-state index in [1.807, 2.05) is 0 Å². The third-order valence-corrected chi connectivity index (χ3v) is 3.64. The van der Waals surface area contributed by atoms with Gasteiger partial charge in [-0.2, -0.15) is 0 Å². The van der Waals surface area contributed by atoms with Crippen LogP contribution >= 0.6 is 0 Å². The van der Waals surface area contributed by atoms with Crippen LogP contribution in [-0.4, -0.2) is 25.2 Å². The molecule has 0 aromatic carbocycles. The second kappa shape index (κ2) is 4.43. The Morgan fingerprint density at radius 2 is 1.85 bits per heavy atom. The Labute approximate surface area is 81.5 Å². The van der Waals surface area contributed by atoms with Crippen LogP contribution in [0.25, 0.3) is 0 Å². The maximum absolute atomic E-state index is 3.72. The van der Waals surface area contributed by atoms with Gasteiger partial charge in [-0.15, -0.1) is 0 Å². The molecule has 0 spiro atoms. The average Bonchev–Trinajstić information content (AvgIpc) is 2.12. The van der Waals surface area contributed by atoms with Gasteiger partial charge in [0.25, 0.3) is 0 Å². The van der Waals surface area contributed by atoms with Crippen LogP contribution in [0.15, 0.2) is 0 Å². The summed E-state index contributed by atoms with van der Waals surface area (Å²) < 4.78 is 0. The standard InChI is InChI=1S/C11H22N2/c1-9(13-11-7-12-8-11)10-5-3-2-4-6-10/h9-13H,2-8H2,1H3/t9-/m0/s1. The summed E-state index contributed by atoms with van der Waals surface area (Å²) in [5.74, 6) is 0.953. The van der Waals surface area contributed by atoms with Crippen molar-refractivity contribution in [2.45, 2.75) is 51.1 Å². The summed E-state index contributed by atoms with van der Waals surface area (Å²) in [4.78, 5) is 0. The summed E-state index contributed by atoms with van der Waals surface area (Å²) in [6, 6.07) is 1.50. The first-order chi connectivity index (χ1) is 6.36. The lowest BCUT2D eigenvalue weighted by Crippen LogP contribution is -2.58.